The van der Waals surface area contributed by atoms with Crippen LogP contribution < -0.4 is 15.0 Å². The number of carbonyl (C=O) groups excluding carboxylic acids is 3. The first-order chi connectivity index (χ1) is 15.9. The van der Waals surface area contributed by atoms with Gasteiger partial charge in [0.1, 0.15) is 24.9 Å². The van der Waals surface area contributed by atoms with E-state index in [2.05, 4.69) is 5.32 Å². The van der Waals surface area contributed by atoms with Gasteiger partial charge < -0.3 is 10.1 Å². The molecule has 7 heteroatoms. The molecule has 168 valence electrons. The lowest BCUT2D eigenvalue weighted by atomic mass is 10.2. The number of benzene rings is 3. The molecule has 0 aliphatic carbocycles. The number of carbonyl (C=O) groups is 3. The summed E-state index contributed by atoms with van der Waals surface area (Å²) in [5.41, 5.74) is 3.29. The molecule has 1 N–H and O–H groups in total. The fraction of sp³-hybridized carbons (Fsp3) is 0.192. The van der Waals surface area contributed by atoms with Gasteiger partial charge in [0.2, 0.25) is 5.91 Å². The van der Waals surface area contributed by atoms with Crippen LogP contribution in [0.25, 0.3) is 0 Å². The van der Waals surface area contributed by atoms with Gasteiger partial charge in [-0.15, -0.1) is 0 Å². The van der Waals surface area contributed by atoms with Gasteiger partial charge in [-0.05, 0) is 55.8 Å². The molecule has 0 radical (unpaired) electrons. The van der Waals surface area contributed by atoms with Crippen molar-refractivity contribution < 1.29 is 19.1 Å². The molecule has 1 aliphatic heterocycles. The third-order valence-electron chi connectivity index (χ3n) is 5.45. The van der Waals surface area contributed by atoms with Crippen LogP contribution in [0.5, 0.6) is 5.75 Å². The Hall–Kier alpha value is -4.13. The number of hydrogen-bond acceptors (Lipinski definition) is 4. The van der Waals surface area contributed by atoms with Crippen molar-refractivity contribution in [1.82, 2.24) is 4.90 Å². The molecule has 3 aromatic rings. The van der Waals surface area contributed by atoms with Crippen molar-refractivity contribution in [3.05, 3.63) is 90.0 Å². The summed E-state index contributed by atoms with van der Waals surface area (Å²) in [6, 6.07) is 22.9. The number of rotatable bonds is 7. The first-order valence-electron chi connectivity index (χ1n) is 10.7. The number of imide groups is 1. The zero-order valence-corrected chi connectivity index (χ0v) is 18.5. The molecular weight excluding hydrogens is 418 g/mol. The first-order valence-corrected chi connectivity index (χ1v) is 10.7. The van der Waals surface area contributed by atoms with E-state index in [0.29, 0.717) is 23.7 Å². The zero-order valence-electron chi connectivity index (χ0n) is 18.5. The van der Waals surface area contributed by atoms with Gasteiger partial charge in [-0.2, -0.15) is 0 Å². The number of amides is 4. The number of nitrogens with one attached hydrogen (secondary N) is 1. The molecule has 3 aromatic carbocycles. The summed E-state index contributed by atoms with van der Waals surface area (Å²) in [5.74, 6) is -0.183. The van der Waals surface area contributed by atoms with Gasteiger partial charge in [-0.25, -0.2) is 4.79 Å². The summed E-state index contributed by atoms with van der Waals surface area (Å²) in [5, 5.41) is 2.73. The highest BCUT2D eigenvalue weighted by Gasteiger charge is 2.44. The maximum atomic E-state index is 12.9. The summed E-state index contributed by atoms with van der Waals surface area (Å²) in [7, 11) is 0. The molecular formula is C26H25N3O4. The molecule has 0 unspecified atom stereocenters. The molecule has 0 bridgehead atoms. The second kappa shape index (κ2) is 9.56. The molecule has 0 spiro atoms. The third kappa shape index (κ3) is 5.03. The van der Waals surface area contributed by atoms with Crippen molar-refractivity contribution in [2.75, 3.05) is 16.8 Å². The highest BCUT2D eigenvalue weighted by atomic mass is 16.5. The van der Waals surface area contributed by atoms with E-state index in [1.807, 2.05) is 49.4 Å². The molecule has 33 heavy (non-hydrogen) atoms. The second-order valence-corrected chi connectivity index (χ2v) is 7.94. The quantitative estimate of drug-likeness (QED) is 0.550. The minimum Gasteiger partial charge on any atom is -0.489 e. The van der Waals surface area contributed by atoms with Crippen LogP contribution in [0.15, 0.2) is 78.9 Å². The monoisotopic (exact) mass is 443 g/mol. The molecule has 7 nitrogen and oxygen atoms in total. The highest BCUT2D eigenvalue weighted by Crippen LogP contribution is 2.26. The van der Waals surface area contributed by atoms with Crippen molar-refractivity contribution >= 4 is 29.2 Å². The van der Waals surface area contributed by atoms with Crippen LogP contribution in [0.4, 0.5) is 16.2 Å². The van der Waals surface area contributed by atoms with Gasteiger partial charge in [0.05, 0.1) is 0 Å². The van der Waals surface area contributed by atoms with Crippen molar-refractivity contribution in [3.8, 4) is 5.75 Å². The Labute approximate surface area is 192 Å². The lowest BCUT2D eigenvalue weighted by Crippen LogP contribution is -2.39. The Kier molecular flexibility index (Phi) is 6.40. The standard InChI is InChI=1S/C26H25N3O4/c1-18-8-12-22(13-9-18)29-19(2)25(31)28(26(29)32)16-24(30)27-21-10-14-23(15-11-21)33-17-20-6-4-3-5-7-20/h3-15,19H,16-17H2,1-2H3,(H,27,30)/t19-/m0/s1. The number of hydrogen-bond donors (Lipinski definition) is 1. The number of aryl methyl sites for hydroxylation is 1. The maximum Gasteiger partial charge on any atom is 0.332 e. The number of nitrogens with zero attached hydrogens (tertiary/aromatic N) is 2. The predicted octanol–water partition coefficient (Wildman–Crippen LogP) is 4.37. The lowest BCUT2D eigenvalue weighted by molar-refractivity contribution is -0.130. The van der Waals surface area contributed by atoms with Gasteiger partial charge >= 0.3 is 6.03 Å². The van der Waals surface area contributed by atoms with E-state index in [9.17, 15) is 14.4 Å². The summed E-state index contributed by atoms with van der Waals surface area (Å²) in [6.45, 7) is 3.70. The molecule has 1 aliphatic rings. The highest BCUT2D eigenvalue weighted by molar-refractivity contribution is 6.16. The molecule has 0 saturated carbocycles. The van der Waals surface area contributed by atoms with Crippen LogP contribution in [-0.4, -0.2) is 35.3 Å². The van der Waals surface area contributed by atoms with E-state index in [0.717, 1.165) is 16.0 Å². The molecule has 1 heterocycles. The molecule has 0 aromatic heterocycles. The Morgan fingerprint density at radius 3 is 2.27 bits per heavy atom. The van der Waals surface area contributed by atoms with Crippen LogP contribution in [0, 0.1) is 6.92 Å². The van der Waals surface area contributed by atoms with Crippen LogP contribution in [-0.2, 0) is 16.2 Å². The lowest BCUT2D eigenvalue weighted by Gasteiger charge is -2.19. The van der Waals surface area contributed by atoms with Crippen molar-refractivity contribution in [1.29, 1.82) is 0 Å². The molecule has 4 amide bonds. The summed E-state index contributed by atoms with van der Waals surface area (Å²) in [4.78, 5) is 40.5. The van der Waals surface area contributed by atoms with Crippen molar-refractivity contribution in [3.63, 3.8) is 0 Å². The van der Waals surface area contributed by atoms with E-state index in [-0.39, 0.29) is 6.54 Å². The number of urea groups is 1. The minimum absolute atomic E-state index is 0.351. The van der Waals surface area contributed by atoms with Crippen LogP contribution in [0.1, 0.15) is 18.1 Å². The van der Waals surface area contributed by atoms with Gasteiger partial charge in [-0.1, -0.05) is 48.0 Å². The van der Waals surface area contributed by atoms with E-state index in [1.54, 1.807) is 43.3 Å². The average Bonchev–Trinajstić information content (AvgIpc) is 3.03. The Balaban J connectivity index is 1.34. The predicted molar refractivity (Wildman–Crippen MR) is 126 cm³/mol. The van der Waals surface area contributed by atoms with E-state index in [1.165, 1.54) is 4.90 Å². The fourth-order valence-corrected chi connectivity index (χ4v) is 3.63. The summed E-state index contributed by atoms with van der Waals surface area (Å²) < 4.78 is 5.74. The topological polar surface area (TPSA) is 79.0 Å². The van der Waals surface area contributed by atoms with Gasteiger partial charge in [-0.3, -0.25) is 19.4 Å². The molecule has 1 saturated heterocycles. The van der Waals surface area contributed by atoms with E-state index < -0.39 is 23.9 Å². The Morgan fingerprint density at radius 1 is 0.939 bits per heavy atom. The van der Waals surface area contributed by atoms with Gasteiger partial charge in [0.15, 0.2) is 0 Å². The van der Waals surface area contributed by atoms with Gasteiger partial charge in [0.25, 0.3) is 5.91 Å². The van der Waals surface area contributed by atoms with E-state index >= 15 is 0 Å². The van der Waals surface area contributed by atoms with E-state index in [4.69, 9.17) is 4.74 Å². The maximum absolute atomic E-state index is 12.9. The summed E-state index contributed by atoms with van der Waals surface area (Å²) in [6.07, 6.45) is 0. The SMILES string of the molecule is Cc1ccc(N2C(=O)N(CC(=O)Nc3ccc(OCc4ccccc4)cc3)C(=O)[C@@H]2C)cc1. The normalized spacial score (nSPS) is 15.6. The Morgan fingerprint density at radius 2 is 1.61 bits per heavy atom. The first kappa shape index (κ1) is 22.1. The number of anilines is 2. The third-order valence-corrected chi connectivity index (χ3v) is 5.45. The largest absolute Gasteiger partial charge is 0.489 e. The summed E-state index contributed by atoms with van der Waals surface area (Å²) >= 11 is 0. The zero-order chi connectivity index (χ0) is 23.4. The van der Waals surface area contributed by atoms with Crippen molar-refractivity contribution in [2.45, 2.75) is 26.5 Å². The fourth-order valence-electron chi connectivity index (χ4n) is 3.63. The molecule has 1 fully saturated rings. The van der Waals surface area contributed by atoms with Gasteiger partial charge in [0, 0.05) is 11.4 Å². The molecule has 1 atom stereocenters. The second-order valence-electron chi connectivity index (χ2n) is 7.94. The average molecular weight is 444 g/mol. The van der Waals surface area contributed by atoms with Crippen LogP contribution in [0.2, 0.25) is 0 Å². The van der Waals surface area contributed by atoms with Crippen LogP contribution in [0.3, 0.4) is 0 Å². The smallest absolute Gasteiger partial charge is 0.332 e. The Bertz CT molecular complexity index is 1140. The van der Waals surface area contributed by atoms with Crippen LogP contribution >= 0.6 is 0 Å². The number of ether oxygens (including phenoxy) is 1. The minimum atomic E-state index is -0.672. The van der Waals surface area contributed by atoms with Crippen molar-refractivity contribution in [2.24, 2.45) is 0 Å². The molecule has 4 rings (SSSR count).